The van der Waals surface area contributed by atoms with Crippen LogP contribution in [0.3, 0.4) is 0 Å². The lowest BCUT2D eigenvalue weighted by molar-refractivity contribution is 0.174. The van der Waals surface area contributed by atoms with Crippen LogP contribution in [0.4, 0.5) is 10.2 Å². The van der Waals surface area contributed by atoms with Crippen LogP contribution in [0.15, 0.2) is 73.2 Å². The van der Waals surface area contributed by atoms with Crippen molar-refractivity contribution in [3.05, 3.63) is 101 Å². The van der Waals surface area contributed by atoms with E-state index in [1.165, 1.54) is 11.8 Å². The van der Waals surface area contributed by atoms with Crippen molar-refractivity contribution in [3.8, 4) is 5.88 Å². The summed E-state index contributed by atoms with van der Waals surface area (Å²) in [6.45, 7) is 9.37. The van der Waals surface area contributed by atoms with Gasteiger partial charge in [0.25, 0.3) is 0 Å². The number of nitrogens with zero attached hydrogens (tertiary/aromatic N) is 7. The minimum atomic E-state index is -0.386. The molecule has 0 N–H and O–H groups in total. The lowest BCUT2D eigenvalue weighted by Gasteiger charge is -2.40. The number of halogens is 2. The highest BCUT2D eigenvalue weighted by molar-refractivity contribution is 6.30. The molecule has 0 aliphatic carbocycles. The number of anilines is 1. The van der Waals surface area contributed by atoms with Gasteiger partial charge < -0.3 is 18.8 Å². The van der Waals surface area contributed by atoms with Gasteiger partial charge in [0.05, 0.1) is 36.1 Å². The molecule has 1 aliphatic heterocycles. The van der Waals surface area contributed by atoms with E-state index in [-0.39, 0.29) is 18.5 Å². The Balaban J connectivity index is 1.14. The largest absolute Gasteiger partial charge is 0.473 e. The summed E-state index contributed by atoms with van der Waals surface area (Å²) in [7, 11) is 0. The Kier molecular flexibility index (Phi) is 7.89. The Hall–Kier alpha value is -3.95. The number of rotatable bonds is 9. The third kappa shape index (κ3) is 5.92. The zero-order chi connectivity index (χ0) is 28.3. The fourth-order valence-electron chi connectivity index (χ4n) is 5.42. The van der Waals surface area contributed by atoms with Gasteiger partial charge in [-0.25, -0.2) is 14.4 Å². The van der Waals surface area contributed by atoms with Crippen molar-refractivity contribution in [2.45, 2.75) is 46.1 Å². The Morgan fingerprint density at radius 1 is 1.02 bits per heavy atom. The molecule has 1 fully saturated rings. The highest BCUT2D eigenvalue weighted by atomic mass is 35.5. The molecule has 8 nitrogen and oxygen atoms in total. The molecule has 0 saturated carbocycles. The molecule has 0 bridgehead atoms. The summed E-state index contributed by atoms with van der Waals surface area (Å²) in [5.41, 5.74) is 3.75. The summed E-state index contributed by atoms with van der Waals surface area (Å²) in [6.07, 6.45) is 3.83. The Morgan fingerprint density at radius 2 is 1.90 bits per heavy atom. The number of ether oxygens (including phenoxy) is 1. The monoisotopic (exact) mass is 573 g/mol. The highest BCUT2D eigenvalue weighted by Crippen LogP contribution is 2.24. The van der Waals surface area contributed by atoms with E-state index >= 15 is 0 Å². The summed E-state index contributed by atoms with van der Waals surface area (Å²) < 4.78 is 24.5. The first-order valence-electron chi connectivity index (χ1n) is 13.9. The van der Waals surface area contributed by atoms with Gasteiger partial charge in [-0.1, -0.05) is 35.9 Å². The van der Waals surface area contributed by atoms with E-state index in [2.05, 4.69) is 56.0 Å². The molecule has 212 valence electrons. The van der Waals surface area contributed by atoms with E-state index in [0.717, 1.165) is 61.9 Å². The van der Waals surface area contributed by atoms with Crippen molar-refractivity contribution in [1.29, 1.82) is 0 Å². The summed E-state index contributed by atoms with van der Waals surface area (Å²) in [5, 5.41) is 0.362. The molecule has 0 radical (unpaired) electrons. The molecule has 2 aromatic carbocycles. The minimum absolute atomic E-state index is 0.0870. The van der Waals surface area contributed by atoms with Crippen LogP contribution in [-0.4, -0.2) is 54.7 Å². The normalized spacial score (nSPS) is 16.0. The second-order valence-electron chi connectivity index (χ2n) is 10.4. The van der Waals surface area contributed by atoms with Crippen molar-refractivity contribution in [2.75, 3.05) is 24.5 Å². The first kappa shape index (κ1) is 27.2. The van der Waals surface area contributed by atoms with Crippen LogP contribution in [0.25, 0.3) is 11.0 Å². The topological polar surface area (TPSA) is 64.2 Å². The first-order valence-corrected chi connectivity index (χ1v) is 14.3. The molecule has 1 aliphatic rings. The highest BCUT2D eigenvalue weighted by Gasteiger charge is 2.26. The third-order valence-corrected chi connectivity index (χ3v) is 7.96. The van der Waals surface area contributed by atoms with Gasteiger partial charge in [-0.15, -0.1) is 0 Å². The van der Waals surface area contributed by atoms with Crippen LogP contribution in [0.5, 0.6) is 5.88 Å². The second-order valence-corrected chi connectivity index (χ2v) is 10.8. The number of pyridine rings is 1. The van der Waals surface area contributed by atoms with Crippen LogP contribution < -0.4 is 9.64 Å². The van der Waals surface area contributed by atoms with E-state index in [4.69, 9.17) is 26.3 Å². The molecule has 3 aromatic heterocycles. The molecule has 1 atom stereocenters. The number of hydrogen-bond acceptors (Lipinski definition) is 6. The van der Waals surface area contributed by atoms with Crippen LogP contribution in [0.1, 0.15) is 30.9 Å². The maximum absolute atomic E-state index is 14.2. The van der Waals surface area contributed by atoms with Crippen LogP contribution in [-0.2, 0) is 26.2 Å². The smallest absolute Gasteiger partial charge is 0.215 e. The molecule has 4 heterocycles. The number of piperazine rings is 1. The summed E-state index contributed by atoms with van der Waals surface area (Å²) in [5.74, 6) is 1.99. The van der Waals surface area contributed by atoms with E-state index in [0.29, 0.717) is 16.5 Å². The summed E-state index contributed by atoms with van der Waals surface area (Å²) in [6, 6.07) is 18.9. The fraction of sp³-hybridized carbons (Fsp3) is 0.323. The van der Waals surface area contributed by atoms with Crippen LogP contribution in [0.2, 0.25) is 5.02 Å². The van der Waals surface area contributed by atoms with Gasteiger partial charge in [0.15, 0.2) is 0 Å². The standard InChI is InChI=1S/C31H33ClFN7O/c1-3-37-21-34-16-25(37)18-40-28-8-5-4-7-27(28)35-30(40)19-38-13-14-39(17-22(38)2)29-9-6-10-31(36-29)41-20-23-11-12-24(32)15-26(23)33/h4-12,15-16,21-22H,3,13-14,17-20H2,1-2H3/t22-/m0/s1. The number of hydrogen-bond donors (Lipinski definition) is 0. The minimum Gasteiger partial charge on any atom is -0.473 e. The quantitative estimate of drug-likeness (QED) is 0.223. The van der Waals surface area contributed by atoms with Crippen molar-refractivity contribution < 1.29 is 9.13 Å². The third-order valence-electron chi connectivity index (χ3n) is 7.73. The molecule has 0 spiro atoms. The van der Waals surface area contributed by atoms with Crippen molar-refractivity contribution in [1.82, 2.24) is 29.0 Å². The van der Waals surface area contributed by atoms with Crippen LogP contribution >= 0.6 is 11.6 Å². The average molecular weight is 574 g/mol. The molecular formula is C31H33ClFN7O. The van der Waals surface area contributed by atoms with Crippen molar-refractivity contribution in [3.63, 3.8) is 0 Å². The number of aryl methyl sites for hydroxylation is 1. The molecular weight excluding hydrogens is 541 g/mol. The number of fused-ring (bicyclic) bond motifs is 1. The van der Waals surface area contributed by atoms with E-state index in [1.54, 1.807) is 18.2 Å². The number of imidazole rings is 2. The van der Waals surface area contributed by atoms with Gasteiger partial charge in [0.1, 0.15) is 24.1 Å². The summed E-state index contributed by atoms with van der Waals surface area (Å²) >= 11 is 5.86. The predicted octanol–water partition coefficient (Wildman–Crippen LogP) is 5.78. The fourth-order valence-corrected chi connectivity index (χ4v) is 5.58. The number of aromatic nitrogens is 5. The molecule has 0 unspecified atom stereocenters. The molecule has 10 heteroatoms. The Bertz CT molecular complexity index is 1650. The molecule has 0 amide bonds. The lowest BCUT2D eigenvalue weighted by atomic mass is 10.2. The van der Waals surface area contributed by atoms with Gasteiger partial charge in [-0.3, -0.25) is 4.90 Å². The maximum Gasteiger partial charge on any atom is 0.215 e. The van der Waals surface area contributed by atoms with Crippen molar-refractivity contribution >= 4 is 28.5 Å². The zero-order valence-electron chi connectivity index (χ0n) is 23.2. The van der Waals surface area contributed by atoms with E-state index < -0.39 is 0 Å². The molecule has 41 heavy (non-hydrogen) atoms. The molecule has 1 saturated heterocycles. The number of para-hydroxylation sites is 2. The zero-order valence-corrected chi connectivity index (χ0v) is 24.0. The van der Waals surface area contributed by atoms with Gasteiger partial charge in [0.2, 0.25) is 5.88 Å². The number of benzene rings is 2. The van der Waals surface area contributed by atoms with Crippen molar-refractivity contribution in [2.24, 2.45) is 0 Å². The van der Waals surface area contributed by atoms with Gasteiger partial charge in [-0.2, -0.15) is 4.98 Å². The Labute approximate surface area is 244 Å². The lowest BCUT2D eigenvalue weighted by Crippen LogP contribution is -2.52. The van der Waals surface area contributed by atoms with Gasteiger partial charge >= 0.3 is 0 Å². The second kappa shape index (κ2) is 11.9. The summed E-state index contributed by atoms with van der Waals surface area (Å²) in [4.78, 5) is 18.9. The SMILES string of the molecule is CCn1cncc1Cn1c(CN2CCN(c3cccc(OCc4ccc(Cl)cc4F)n3)C[C@@H]2C)nc2ccccc21. The maximum atomic E-state index is 14.2. The van der Waals surface area contributed by atoms with Crippen LogP contribution in [0, 0.1) is 5.82 Å². The molecule has 6 rings (SSSR count). The molecule has 5 aromatic rings. The first-order chi connectivity index (χ1) is 20.0. The average Bonchev–Trinajstić information content (AvgIpc) is 3.58. The predicted molar refractivity (Wildman–Crippen MR) is 159 cm³/mol. The Morgan fingerprint density at radius 3 is 2.73 bits per heavy atom. The van der Waals surface area contributed by atoms with Gasteiger partial charge in [0, 0.05) is 55.1 Å². The van der Waals surface area contributed by atoms with E-state index in [1.807, 2.05) is 30.7 Å². The van der Waals surface area contributed by atoms with Gasteiger partial charge in [-0.05, 0) is 44.2 Å². The van der Waals surface area contributed by atoms with E-state index in [9.17, 15) is 4.39 Å².